The standard InChI is InChI=1S/C19H26N2/c1-5-18-13-14-19(20-18)17-11-9-16(10-12-17)8-7-15(3)21(4)6-2/h5,7,9-12,14,18,20H,1,6,8,13H2,2-4H3/b15-7-. The van der Waals surface area contributed by atoms with Crippen molar-refractivity contribution in [1.29, 1.82) is 0 Å². The maximum Gasteiger partial charge on any atom is 0.0477 e. The lowest BCUT2D eigenvalue weighted by Gasteiger charge is -2.17. The van der Waals surface area contributed by atoms with Crippen LogP contribution in [0.1, 0.15) is 31.4 Å². The lowest BCUT2D eigenvalue weighted by atomic mass is 10.1. The van der Waals surface area contributed by atoms with Crippen LogP contribution in [0.15, 0.2) is 54.8 Å². The van der Waals surface area contributed by atoms with E-state index in [9.17, 15) is 0 Å². The lowest BCUT2D eigenvalue weighted by molar-refractivity contribution is 0.441. The van der Waals surface area contributed by atoms with E-state index in [1.54, 1.807) is 0 Å². The van der Waals surface area contributed by atoms with Crippen molar-refractivity contribution in [2.45, 2.75) is 32.7 Å². The van der Waals surface area contributed by atoms with Crippen molar-refractivity contribution in [1.82, 2.24) is 10.2 Å². The summed E-state index contributed by atoms with van der Waals surface area (Å²) in [6.45, 7) is 9.23. The molecule has 0 saturated carbocycles. The van der Waals surface area contributed by atoms with Crippen LogP contribution < -0.4 is 5.32 Å². The first-order valence-electron chi connectivity index (χ1n) is 7.70. The van der Waals surface area contributed by atoms with Crippen molar-refractivity contribution in [3.05, 3.63) is 65.9 Å². The van der Waals surface area contributed by atoms with E-state index in [0.29, 0.717) is 6.04 Å². The van der Waals surface area contributed by atoms with E-state index in [1.165, 1.54) is 22.5 Å². The van der Waals surface area contributed by atoms with Gasteiger partial charge in [0.2, 0.25) is 0 Å². The Morgan fingerprint density at radius 1 is 1.38 bits per heavy atom. The van der Waals surface area contributed by atoms with Gasteiger partial charge in [-0.25, -0.2) is 0 Å². The number of hydrogen-bond acceptors (Lipinski definition) is 2. The Bertz CT molecular complexity index is 537. The Morgan fingerprint density at radius 2 is 2.10 bits per heavy atom. The average Bonchev–Trinajstić information content (AvgIpc) is 3.01. The lowest BCUT2D eigenvalue weighted by Crippen LogP contribution is -2.18. The molecule has 1 heterocycles. The molecule has 0 radical (unpaired) electrons. The van der Waals surface area contributed by atoms with Crippen molar-refractivity contribution < 1.29 is 0 Å². The summed E-state index contributed by atoms with van der Waals surface area (Å²) in [5, 5.41) is 3.47. The topological polar surface area (TPSA) is 15.3 Å². The second-order valence-corrected chi connectivity index (χ2v) is 5.60. The van der Waals surface area contributed by atoms with E-state index in [-0.39, 0.29) is 0 Å². The van der Waals surface area contributed by atoms with Gasteiger partial charge in [-0.05, 0) is 37.8 Å². The number of allylic oxidation sites excluding steroid dienone is 2. The Balaban J connectivity index is 1.98. The molecular weight excluding hydrogens is 256 g/mol. The van der Waals surface area contributed by atoms with Crippen molar-refractivity contribution in [2.24, 2.45) is 0 Å². The predicted molar refractivity (Wildman–Crippen MR) is 91.9 cm³/mol. The van der Waals surface area contributed by atoms with Crippen LogP contribution in [0.25, 0.3) is 5.70 Å². The van der Waals surface area contributed by atoms with Gasteiger partial charge in [0.05, 0.1) is 0 Å². The third kappa shape index (κ3) is 4.01. The summed E-state index contributed by atoms with van der Waals surface area (Å²) in [6.07, 6.45) is 8.53. The zero-order valence-electron chi connectivity index (χ0n) is 13.4. The van der Waals surface area contributed by atoms with E-state index in [2.05, 4.69) is 74.1 Å². The highest BCUT2D eigenvalue weighted by Crippen LogP contribution is 2.20. The van der Waals surface area contributed by atoms with Gasteiger partial charge >= 0.3 is 0 Å². The number of rotatable bonds is 6. The van der Waals surface area contributed by atoms with Crippen LogP contribution in [0.2, 0.25) is 0 Å². The van der Waals surface area contributed by atoms with Crippen LogP contribution >= 0.6 is 0 Å². The zero-order valence-corrected chi connectivity index (χ0v) is 13.4. The minimum Gasteiger partial charge on any atom is -0.379 e. The smallest absolute Gasteiger partial charge is 0.0477 e. The highest BCUT2D eigenvalue weighted by Gasteiger charge is 2.13. The number of nitrogens with one attached hydrogen (secondary N) is 1. The Kier molecular flexibility index (Phi) is 5.26. The molecule has 1 aliphatic heterocycles. The quantitative estimate of drug-likeness (QED) is 0.794. The molecule has 21 heavy (non-hydrogen) atoms. The van der Waals surface area contributed by atoms with Gasteiger partial charge in [0.15, 0.2) is 0 Å². The summed E-state index contributed by atoms with van der Waals surface area (Å²) in [4.78, 5) is 2.26. The molecule has 2 nitrogen and oxygen atoms in total. The van der Waals surface area contributed by atoms with Crippen LogP contribution in [0.3, 0.4) is 0 Å². The summed E-state index contributed by atoms with van der Waals surface area (Å²) in [5.41, 5.74) is 5.16. The molecule has 0 spiro atoms. The number of benzene rings is 1. The highest BCUT2D eigenvalue weighted by molar-refractivity contribution is 5.66. The molecule has 1 N–H and O–H groups in total. The molecule has 1 unspecified atom stereocenters. The van der Waals surface area contributed by atoms with Gasteiger partial charge < -0.3 is 10.2 Å². The maximum absolute atomic E-state index is 3.84. The van der Waals surface area contributed by atoms with Crippen LogP contribution in [0.4, 0.5) is 0 Å². The number of nitrogens with zero attached hydrogens (tertiary/aromatic N) is 1. The van der Waals surface area contributed by atoms with Crippen molar-refractivity contribution in [3.63, 3.8) is 0 Å². The third-order valence-electron chi connectivity index (χ3n) is 4.18. The monoisotopic (exact) mass is 282 g/mol. The van der Waals surface area contributed by atoms with E-state index in [1.807, 2.05) is 6.08 Å². The van der Waals surface area contributed by atoms with Crippen LogP contribution in [-0.2, 0) is 6.42 Å². The SMILES string of the molecule is C=CC1CC=C(c2ccc(C/C=C(/C)N(C)CC)cc2)N1. The molecule has 1 aromatic carbocycles. The molecule has 0 bridgehead atoms. The highest BCUT2D eigenvalue weighted by atomic mass is 15.1. The van der Waals surface area contributed by atoms with E-state index < -0.39 is 0 Å². The summed E-state index contributed by atoms with van der Waals surface area (Å²) >= 11 is 0. The predicted octanol–water partition coefficient (Wildman–Crippen LogP) is 3.97. The molecule has 1 aromatic rings. The van der Waals surface area contributed by atoms with Crippen molar-refractivity contribution in [2.75, 3.05) is 13.6 Å². The fraction of sp³-hybridized carbons (Fsp3) is 0.368. The Labute approximate surface area is 128 Å². The summed E-state index contributed by atoms with van der Waals surface area (Å²) in [6, 6.07) is 9.22. The van der Waals surface area contributed by atoms with E-state index >= 15 is 0 Å². The summed E-state index contributed by atoms with van der Waals surface area (Å²) in [5.74, 6) is 0. The molecule has 1 aliphatic rings. The van der Waals surface area contributed by atoms with Crippen LogP contribution in [-0.4, -0.2) is 24.5 Å². The molecule has 1 atom stereocenters. The van der Waals surface area contributed by atoms with Gasteiger partial charge in [-0.15, -0.1) is 6.58 Å². The zero-order chi connectivity index (χ0) is 15.2. The third-order valence-corrected chi connectivity index (χ3v) is 4.18. The average molecular weight is 282 g/mol. The summed E-state index contributed by atoms with van der Waals surface area (Å²) in [7, 11) is 2.13. The molecule has 2 rings (SSSR count). The fourth-order valence-corrected chi connectivity index (χ4v) is 2.41. The van der Waals surface area contributed by atoms with E-state index in [4.69, 9.17) is 0 Å². The van der Waals surface area contributed by atoms with Crippen molar-refractivity contribution >= 4 is 5.70 Å². The summed E-state index contributed by atoms with van der Waals surface area (Å²) < 4.78 is 0. The van der Waals surface area contributed by atoms with Gasteiger partial charge in [0.1, 0.15) is 0 Å². The van der Waals surface area contributed by atoms with Gasteiger partial charge in [0, 0.05) is 31.0 Å². The van der Waals surface area contributed by atoms with Gasteiger partial charge in [-0.3, -0.25) is 0 Å². The molecular formula is C19H26N2. The van der Waals surface area contributed by atoms with Crippen LogP contribution in [0, 0.1) is 0 Å². The largest absolute Gasteiger partial charge is 0.379 e. The molecule has 0 amide bonds. The fourth-order valence-electron chi connectivity index (χ4n) is 2.41. The molecule has 0 aromatic heterocycles. The first-order chi connectivity index (χ1) is 10.1. The minimum atomic E-state index is 0.384. The Hall–Kier alpha value is -1.96. The van der Waals surface area contributed by atoms with Crippen molar-refractivity contribution in [3.8, 4) is 0 Å². The van der Waals surface area contributed by atoms with Gasteiger partial charge in [0.25, 0.3) is 0 Å². The first kappa shape index (κ1) is 15.4. The molecule has 0 fully saturated rings. The maximum atomic E-state index is 3.84. The van der Waals surface area contributed by atoms with Crippen LogP contribution in [0.5, 0.6) is 0 Å². The minimum absolute atomic E-state index is 0.384. The second-order valence-electron chi connectivity index (χ2n) is 5.60. The van der Waals surface area contributed by atoms with Gasteiger partial charge in [-0.1, -0.05) is 42.5 Å². The number of hydrogen-bond donors (Lipinski definition) is 1. The second kappa shape index (κ2) is 7.16. The first-order valence-corrected chi connectivity index (χ1v) is 7.70. The van der Waals surface area contributed by atoms with Gasteiger partial charge in [-0.2, -0.15) is 0 Å². The molecule has 112 valence electrons. The molecule has 0 aliphatic carbocycles. The molecule has 2 heteroatoms. The Morgan fingerprint density at radius 3 is 2.67 bits per heavy atom. The molecule has 0 saturated heterocycles. The normalized spacial score (nSPS) is 18.1. The van der Waals surface area contributed by atoms with E-state index in [0.717, 1.165) is 19.4 Å².